The minimum Gasteiger partial charge on any atom is -0.322 e. The van der Waals surface area contributed by atoms with Crippen LogP contribution < -0.4 is 21.3 Å². The third-order valence-corrected chi connectivity index (χ3v) is 22.7. The lowest BCUT2D eigenvalue weighted by Crippen LogP contribution is -2.15. The molecule has 0 aliphatic heterocycles. The highest BCUT2D eigenvalue weighted by Crippen LogP contribution is 2.38. The molecular weight excluding hydrogens is 1780 g/mol. The number of anilines is 4. The normalized spacial score (nSPS) is 11.1. The van der Waals surface area contributed by atoms with Crippen LogP contribution in [0.5, 0.6) is 0 Å². The Kier molecular flexibility index (Phi) is 26.1. The van der Waals surface area contributed by atoms with Crippen molar-refractivity contribution >= 4 is 68.7 Å². The summed E-state index contributed by atoms with van der Waals surface area (Å²) in [5.41, 5.74) is 15.5. The van der Waals surface area contributed by atoms with Crippen LogP contribution in [0, 0.1) is 114 Å². The van der Waals surface area contributed by atoms with E-state index in [-0.39, 0.29) is 80.3 Å². The molecule has 0 aliphatic carbocycles. The van der Waals surface area contributed by atoms with Gasteiger partial charge in [0.25, 0.3) is 23.6 Å². The number of halogens is 10. The number of pyridine rings is 10. The van der Waals surface area contributed by atoms with E-state index in [2.05, 4.69) is 71.1 Å². The number of hydrogen-bond acceptors (Lipinski definition) is 14. The van der Waals surface area contributed by atoms with Gasteiger partial charge in [-0.25, -0.2) is 73.8 Å². The molecule has 20 rings (SSSR count). The lowest BCUT2D eigenvalue weighted by molar-refractivity contribution is 0.101. The van der Waals surface area contributed by atoms with Gasteiger partial charge in [-0.1, -0.05) is 66.7 Å². The molecule has 4 amide bonds. The van der Waals surface area contributed by atoms with Crippen LogP contribution in [0.1, 0.15) is 86.5 Å². The fourth-order valence-electron chi connectivity index (χ4n) is 15.5. The highest BCUT2D eigenvalue weighted by Gasteiger charge is 2.26. The zero-order chi connectivity index (χ0) is 97.0. The van der Waals surface area contributed by atoms with Gasteiger partial charge in [-0.15, -0.1) is 0 Å². The van der Waals surface area contributed by atoms with Crippen molar-refractivity contribution in [1.82, 2.24) is 67.4 Å². The molecule has 0 unspecified atom stereocenters. The van der Waals surface area contributed by atoms with Gasteiger partial charge in [0.2, 0.25) is 0 Å². The zero-order valence-corrected chi connectivity index (χ0v) is 74.4. The van der Waals surface area contributed by atoms with Gasteiger partial charge in [0.1, 0.15) is 46.6 Å². The van der Waals surface area contributed by atoms with E-state index in [4.69, 9.17) is 0 Å². The van der Waals surface area contributed by atoms with E-state index < -0.39 is 58.3 Å². The Morgan fingerprint density at radius 1 is 0.246 bits per heavy atom. The molecule has 0 aliphatic rings. The summed E-state index contributed by atoms with van der Waals surface area (Å²) in [5.74, 6) is -8.14. The second-order valence-electron chi connectivity index (χ2n) is 32.1. The largest absolute Gasteiger partial charge is 0.322 e. The fraction of sp³-hybridized carbons (Fsp3) is 0.0755. The molecule has 22 nitrogen and oxygen atoms in total. The molecule has 32 heteroatoms. The van der Waals surface area contributed by atoms with Crippen molar-refractivity contribution in [2.24, 2.45) is 0 Å². The van der Waals surface area contributed by atoms with Crippen LogP contribution in [0.2, 0.25) is 0 Å². The Balaban J connectivity index is 0.000000127. The minimum absolute atomic E-state index is 0.0318. The van der Waals surface area contributed by atoms with Gasteiger partial charge in [0.15, 0.2) is 46.5 Å². The smallest absolute Gasteiger partial charge is 0.258 e. The molecule has 0 bridgehead atoms. The Labute approximate surface area is 780 Å². The van der Waals surface area contributed by atoms with Gasteiger partial charge >= 0.3 is 0 Å². The van der Waals surface area contributed by atoms with E-state index in [0.29, 0.717) is 118 Å². The topological polar surface area (TPSA) is 263 Å². The molecule has 0 spiro atoms. The molecule has 138 heavy (non-hydrogen) atoms. The first-order valence-corrected chi connectivity index (χ1v) is 42.6. The fourth-order valence-corrected chi connectivity index (χ4v) is 15.5. The summed E-state index contributed by atoms with van der Waals surface area (Å²) in [4.78, 5) is 95.2. The molecule has 684 valence electrons. The first-order chi connectivity index (χ1) is 66.5. The number of carbonyl (C=O) groups excluding carboxylic acids is 4. The molecular formula is C106H76F10N18O4. The summed E-state index contributed by atoms with van der Waals surface area (Å²) >= 11 is 0. The first-order valence-electron chi connectivity index (χ1n) is 42.6. The van der Waals surface area contributed by atoms with Crippen LogP contribution in [-0.4, -0.2) is 91.1 Å². The number of nitrogens with zero attached hydrogens (tertiary/aromatic N) is 14. The standard InChI is InChI=1S/2C27H19F3N4O.2C26H19F2N5O/c1-15-11-18(8-9-22(15)28)33-27(35)21-12-17(13-31-16(21)2)19-6-4-10-34-24(19)14-32-26(34)20-5-3-7-23(29)25(20)30;1-15-8-9-23(22(29)11-15)33-27(35)20-12-17(13-31-16(20)2)18-6-4-10-34-24(18)14-32-26(34)19-5-3-7-21(28)25(19)30;2*1-15-8-9-23(30-12-15)32-26(34)20-11-17(13-29-16(20)2)18-6-4-10-33-22(18)14-31-25(33)19-5-3-7-21(27)24(19)28/h2*3-14H,1-2H3,(H,33,35);2*3-14H,1-2H3,(H,30,32,34). The van der Waals surface area contributed by atoms with Crippen molar-refractivity contribution < 1.29 is 63.1 Å². The summed E-state index contributed by atoms with van der Waals surface area (Å²) in [5, 5.41) is 11.0. The van der Waals surface area contributed by atoms with Gasteiger partial charge in [-0.2, -0.15) is 0 Å². The van der Waals surface area contributed by atoms with E-state index >= 15 is 0 Å². The zero-order valence-electron chi connectivity index (χ0n) is 74.4. The van der Waals surface area contributed by atoms with Gasteiger partial charge in [-0.05, 0) is 217 Å². The van der Waals surface area contributed by atoms with Crippen molar-refractivity contribution in [2.45, 2.75) is 55.4 Å². The van der Waals surface area contributed by atoms with Crippen LogP contribution in [0.3, 0.4) is 0 Å². The summed E-state index contributed by atoms with van der Waals surface area (Å²) < 4.78 is 147. The lowest BCUT2D eigenvalue weighted by Gasteiger charge is -2.11. The summed E-state index contributed by atoms with van der Waals surface area (Å²) in [7, 11) is 0. The number of fused-ring (bicyclic) bond motifs is 4. The van der Waals surface area contributed by atoms with Crippen molar-refractivity contribution in [3.05, 3.63) is 418 Å². The van der Waals surface area contributed by atoms with Crippen molar-refractivity contribution in [3.8, 4) is 90.1 Å². The Bertz CT molecular complexity index is 7970. The molecule has 0 saturated carbocycles. The van der Waals surface area contributed by atoms with Gasteiger partial charge in [-0.3, -0.25) is 56.7 Å². The highest BCUT2D eigenvalue weighted by atomic mass is 19.2. The highest BCUT2D eigenvalue weighted by molar-refractivity contribution is 6.09. The average Bonchev–Trinajstić information content (AvgIpc) is 1.62. The van der Waals surface area contributed by atoms with Crippen molar-refractivity contribution in [2.75, 3.05) is 21.3 Å². The molecule has 0 saturated heterocycles. The van der Waals surface area contributed by atoms with Crippen LogP contribution in [-0.2, 0) is 0 Å². The van der Waals surface area contributed by atoms with Gasteiger partial charge in [0.05, 0.1) is 120 Å². The maximum Gasteiger partial charge on any atom is 0.258 e. The first kappa shape index (κ1) is 92.0. The second kappa shape index (κ2) is 39.1. The molecule has 0 atom stereocenters. The van der Waals surface area contributed by atoms with Crippen LogP contribution in [0.15, 0.2) is 293 Å². The Morgan fingerprint density at radius 2 is 0.543 bits per heavy atom. The van der Waals surface area contributed by atoms with Crippen LogP contribution in [0.4, 0.5) is 66.9 Å². The molecule has 14 aromatic heterocycles. The van der Waals surface area contributed by atoms with Crippen LogP contribution >= 0.6 is 0 Å². The molecule has 0 fully saturated rings. The number of aromatic nitrogens is 14. The quantitative estimate of drug-likeness (QED) is 0.0656. The van der Waals surface area contributed by atoms with Crippen molar-refractivity contribution in [1.29, 1.82) is 0 Å². The third kappa shape index (κ3) is 19.0. The number of nitrogens with one attached hydrogen (secondary N) is 4. The molecule has 4 N–H and O–H groups in total. The second-order valence-corrected chi connectivity index (χ2v) is 32.1. The molecule has 20 aromatic rings. The lowest BCUT2D eigenvalue weighted by atomic mass is 10.0. The van der Waals surface area contributed by atoms with Gasteiger partial charge < -0.3 is 21.3 Å². The number of aryl methyl sites for hydroxylation is 8. The van der Waals surface area contributed by atoms with Crippen LogP contribution in [0.25, 0.3) is 112 Å². The molecule has 6 aromatic carbocycles. The van der Waals surface area contributed by atoms with E-state index in [0.717, 1.165) is 52.1 Å². The Morgan fingerprint density at radius 3 is 0.841 bits per heavy atom. The number of carbonyl (C=O) groups is 4. The maximum absolute atomic E-state index is 14.4. The SMILES string of the molecule is Cc1cc(NC(=O)c2cc(-c3cccn4c(-c5cccc(F)c5F)ncc34)cnc2C)ccc1F.Cc1ccc(NC(=O)c2cc(-c3cccn4c(-c5cccc(F)c5F)ncc34)cnc2C)c(F)c1.Cc1ccc(NC(=O)c2cc(-c3cccn4c(-c5cccc(F)c5F)ncc34)cnc2C)nc1.Cc1ccc(NC(=O)c2cc(-c3cccn4c(-c5cccc(F)c5F)ncc34)cnc2C)nc1. The van der Waals surface area contributed by atoms with E-state index in [1.807, 2.05) is 50.2 Å². The van der Waals surface area contributed by atoms with Crippen molar-refractivity contribution in [3.63, 3.8) is 0 Å². The Hall–Kier alpha value is -17.8. The predicted octanol–water partition coefficient (Wildman–Crippen LogP) is 23.9. The summed E-state index contributed by atoms with van der Waals surface area (Å²) in [6.07, 6.45) is 23.1. The molecule has 0 radical (unpaired) electrons. The number of benzene rings is 6. The van der Waals surface area contributed by atoms with Gasteiger partial charge in [0, 0.05) is 112 Å². The maximum atomic E-state index is 14.4. The summed E-state index contributed by atoms with van der Waals surface area (Å²) in [6.45, 7) is 14.1. The monoisotopic (exact) mass is 1850 g/mol. The minimum atomic E-state index is -0.982. The number of imidazole rings is 4. The number of rotatable bonds is 16. The molecule has 14 heterocycles. The van der Waals surface area contributed by atoms with E-state index in [9.17, 15) is 63.1 Å². The van der Waals surface area contributed by atoms with E-state index in [1.165, 1.54) is 72.8 Å². The number of hydrogen-bond donors (Lipinski definition) is 4. The third-order valence-electron chi connectivity index (χ3n) is 22.7. The summed E-state index contributed by atoms with van der Waals surface area (Å²) in [6, 6.07) is 53.2. The van der Waals surface area contributed by atoms with E-state index in [1.54, 1.807) is 219 Å². The number of amides is 4. The average molecular weight is 1860 g/mol. The predicted molar refractivity (Wildman–Crippen MR) is 506 cm³/mol.